The molecule has 2 N–H and O–H groups in total. The van der Waals surface area contributed by atoms with Gasteiger partial charge in [-0.3, -0.25) is 10.1 Å². The number of hydrogen-bond donors (Lipinski definition) is 2. The van der Waals surface area contributed by atoms with Crippen LogP contribution in [0.2, 0.25) is 0 Å². The second-order valence-corrected chi connectivity index (χ2v) is 5.22. The topological polar surface area (TPSA) is 41.1 Å². The Morgan fingerprint density at radius 2 is 1.71 bits per heavy atom. The fourth-order valence-electron chi connectivity index (χ4n) is 1.89. The molecule has 0 aliphatic carbocycles. The summed E-state index contributed by atoms with van der Waals surface area (Å²) in [4.78, 5) is 12.0. The van der Waals surface area contributed by atoms with Gasteiger partial charge in [-0.05, 0) is 43.3 Å². The summed E-state index contributed by atoms with van der Waals surface area (Å²) in [5.74, 6) is -0.188. The molecule has 21 heavy (non-hydrogen) atoms. The first-order valence-electron chi connectivity index (χ1n) is 6.85. The standard InChI is InChI=1S/C17H18N2OS/c1-13-7-9-15(10-8-13)16(20)19-17(21)18-12-11-14-5-3-2-4-6-14/h2-10H,11-12H2,1H3,(H2,18,19,20,21). The molecule has 3 nitrogen and oxygen atoms in total. The van der Waals surface area contributed by atoms with E-state index in [0.717, 1.165) is 12.0 Å². The van der Waals surface area contributed by atoms with E-state index in [9.17, 15) is 4.79 Å². The normalized spacial score (nSPS) is 9.95. The second kappa shape index (κ2) is 7.55. The molecule has 0 fully saturated rings. The Morgan fingerprint density at radius 1 is 1.05 bits per heavy atom. The molecule has 0 heterocycles. The van der Waals surface area contributed by atoms with Gasteiger partial charge in [-0.15, -0.1) is 0 Å². The highest BCUT2D eigenvalue weighted by atomic mass is 32.1. The predicted octanol–water partition coefficient (Wildman–Crippen LogP) is 2.84. The SMILES string of the molecule is Cc1ccc(C(=O)NC(=S)NCCc2ccccc2)cc1. The fraction of sp³-hybridized carbons (Fsp3) is 0.176. The van der Waals surface area contributed by atoms with E-state index in [4.69, 9.17) is 12.2 Å². The third-order valence-corrected chi connectivity index (χ3v) is 3.33. The number of carbonyl (C=O) groups is 1. The van der Waals surface area contributed by atoms with Gasteiger partial charge in [0.2, 0.25) is 0 Å². The molecule has 0 saturated heterocycles. The zero-order valence-corrected chi connectivity index (χ0v) is 12.7. The Kier molecular flexibility index (Phi) is 5.46. The van der Waals surface area contributed by atoms with Crippen molar-refractivity contribution in [3.8, 4) is 0 Å². The van der Waals surface area contributed by atoms with Crippen LogP contribution in [0.5, 0.6) is 0 Å². The molecule has 1 amide bonds. The second-order valence-electron chi connectivity index (χ2n) is 4.81. The maximum absolute atomic E-state index is 12.0. The smallest absolute Gasteiger partial charge is 0.257 e. The van der Waals surface area contributed by atoms with Gasteiger partial charge in [0.1, 0.15) is 0 Å². The van der Waals surface area contributed by atoms with Crippen LogP contribution in [0, 0.1) is 6.92 Å². The number of nitrogens with one attached hydrogen (secondary N) is 2. The molecular weight excluding hydrogens is 280 g/mol. The first-order valence-corrected chi connectivity index (χ1v) is 7.26. The highest BCUT2D eigenvalue weighted by molar-refractivity contribution is 7.80. The molecule has 2 aromatic carbocycles. The lowest BCUT2D eigenvalue weighted by molar-refractivity contribution is 0.0976. The van der Waals surface area contributed by atoms with Crippen LogP contribution in [-0.4, -0.2) is 17.6 Å². The van der Waals surface area contributed by atoms with Gasteiger partial charge in [-0.2, -0.15) is 0 Å². The van der Waals surface area contributed by atoms with Crippen molar-refractivity contribution in [1.29, 1.82) is 0 Å². The van der Waals surface area contributed by atoms with Crippen LogP contribution in [0.3, 0.4) is 0 Å². The van der Waals surface area contributed by atoms with Crippen molar-refractivity contribution < 1.29 is 4.79 Å². The van der Waals surface area contributed by atoms with E-state index in [1.807, 2.05) is 37.3 Å². The third-order valence-electron chi connectivity index (χ3n) is 3.08. The average molecular weight is 298 g/mol. The molecule has 0 spiro atoms. The van der Waals surface area contributed by atoms with E-state index in [0.29, 0.717) is 17.2 Å². The first kappa shape index (κ1) is 15.2. The molecule has 108 valence electrons. The monoisotopic (exact) mass is 298 g/mol. The molecule has 0 bridgehead atoms. The molecule has 0 aliphatic rings. The quantitative estimate of drug-likeness (QED) is 0.853. The Balaban J connectivity index is 1.76. The summed E-state index contributed by atoms with van der Waals surface area (Å²) in [7, 11) is 0. The van der Waals surface area contributed by atoms with E-state index in [1.54, 1.807) is 12.1 Å². The van der Waals surface area contributed by atoms with Crippen molar-refractivity contribution in [2.45, 2.75) is 13.3 Å². The van der Waals surface area contributed by atoms with Crippen LogP contribution in [0.25, 0.3) is 0 Å². The van der Waals surface area contributed by atoms with Gasteiger partial charge < -0.3 is 5.32 Å². The Morgan fingerprint density at radius 3 is 2.38 bits per heavy atom. The number of rotatable bonds is 4. The molecule has 0 aromatic heterocycles. The number of thiocarbonyl (C=S) groups is 1. The van der Waals surface area contributed by atoms with Gasteiger partial charge in [0.05, 0.1) is 0 Å². The Labute approximate surface area is 130 Å². The zero-order chi connectivity index (χ0) is 15.1. The molecule has 0 aliphatic heterocycles. The third kappa shape index (κ3) is 5.00. The predicted molar refractivity (Wildman–Crippen MR) is 89.4 cm³/mol. The van der Waals surface area contributed by atoms with E-state index < -0.39 is 0 Å². The summed E-state index contributed by atoms with van der Waals surface area (Å²) < 4.78 is 0. The van der Waals surface area contributed by atoms with Crippen molar-refractivity contribution in [3.63, 3.8) is 0 Å². The molecule has 2 rings (SSSR count). The summed E-state index contributed by atoms with van der Waals surface area (Å²) in [6.45, 7) is 2.68. The molecule has 0 saturated carbocycles. The Hall–Kier alpha value is -2.20. The minimum atomic E-state index is -0.188. The highest BCUT2D eigenvalue weighted by Gasteiger charge is 2.06. The van der Waals surface area contributed by atoms with Gasteiger partial charge >= 0.3 is 0 Å². The molecule has 4 heteroatoms. The van der Waals surface area contributed by atoms with E-state index in [2.05, 4.69) is 22.8 Å². The summed E-state index contributed by atoms with van der Waals surface area (Å²) in [6.07, 6.45) is 0.862. The van der Waals surface area contributed by atoms with E-state index in [1.165, 1.54) is 5.56 Å². The van der Waals surface area contributed by atoms with Crippen molar-refractivity contribution in [2.75, 3.05) is 6.54 Å². The van der Waals surface area contributed by atoms with E-state index >= 15 is 0 Å². The zero-order valence-electron chi connectivity index (χ0n) is 11.9. The molecular formula is C17H18N2OS. The lowest BCUT2D eigenvalue weighted by Crippen LogP contribution is -2.40. The molecule has 2 aromatic rings. The number of hydrogen-bond acceptors (Lipinski definition) is 2. The van der Waals surface area contributed by atoms with Gasteiger partial charge in [0.25, 0.3) is 5.91 Å². The first-order chi connectivity index (χ1) is 10.1. The molecule has 0 unspecified atom stereocenters. The van der Waals surface area contributed by atoms with Gasteiger partial charge in [0, 0.05) is 12.1 Å². The lowest BCUT2D eigenvalue weighted by atomic mass is 10.1. The average Bonchev–Trinajstić information content (AvgIpc) is 2.49. The lowest BCUT2D eigenvalue weighted by Gasteiger charge is -2.09. The van der Waals surface area contributed by atoms with Gasteiger partial charge in [0.15, 0.2) is 5.11 Å². The van der Waals surface area contributed by atoms with Crippen molar-refractivity contribution in [2.24, 2.45) is 0 Å². The van der Waals surface area contributed by atoms with Crippen LogP contribution >= 0.6 is 12.2 Å². The molecule has 0 radical (unpaired) electrons. The van der Waals surface area contributed by atoms with E-state index in [-0.39, 0.29) is 5.91 Å². The highest BCUT2D eigenvalue weighted by Crippen LogP contribution is 2.02. The van der Waals surface area contributed by atoms with Crippen LogP contribution in [-0.2, 0) is 6.42 Å². The summed E-state index contributed by atoms with van der Waals surface area (Å²) >= 11 is 5.13. The van der Waals surface area contributed by atoms with Crippen molar-refractivity contribution in [1.82, 2.24) is 10.6 Å². The number of amides is 1. The van der Waals surface area contributed by atoms with Crippen molar-refractivity contribution >= 4 is 23.2 Å². The van der Waals surface area contributed by atoms with Gasteiger partial charge in [-0.25, -0.2) is 0 Å². The van der Waals surface area contributed by atoms with Crippen LogP contribution < -0.4 is 10.6 Å². The van der Waals surface area contributed by atoms with Crippen molar-refractivity contribution in [3.05, 3.63) is 71.3 Å². The maximum atomic E-state index is 12.0. The van der Waals surface area contributed by atoms with Crippen LogP contribution in [0.1, 0.15) is 21.5 Å². The minimum absolute atomic E-state index is 0.188. The van der Waals surface area contributed by atoms with Crippen LogP contribution in [0.15, 0.2) is 54.6 Å². The van der Waals surface area contributed by atoms with Gasteiger partial charge in [-0.1, -0.05) is 48.0 Å². The van der Waals surface area contributed by atoms with Crippen LogP contribution in [0.4, 0.5) is 0 Å². The fourth-order valence-corrected chi connectivity index (χ4v) is 2.08. The largest absolute Gasteiger partial charge is 0.362 e. The number of aryl methyl sites for hydroxylation is 1. The molecule has 0 atom stereocenters. The maximum Gasteiger partial charge on any atom is 0.257 e. The summed E-state index contributed by atoms with van der Waals surface area (Å²) in [6, 6.07) is 17.5. The number of carbonyl (C=O) groups excluding carboxylic acids is 1. The minimum Gasteiger partial charge on any atom is -0.362 e. The summed E-state index contributed by atoms with van der Waals surface area (Å²) in [5, 5.41) is 6.08. The Bertz CT molecular complexity index is 608. The number of benzene rings is 2. The summed E-state index contributed by atoms with van der Waals surface area (Å²) in [5.41, 5.74) is 2.96.